The summed E-state index contributed by atoms with van der Waals surface area (Å²) >= 11 is 1.59. The number of benzene rings is 2. The van der Waals surface area contributed by atoms with Gasteiger partial charge in [-0.25, -0.2) is 18.4 Å². The predicted octanol–water partition coefficient (Wildman–Crippen LogP) is 4.93. The van der Waals surface area contributed by atoms with Gasteiger partial charge in [-0.2, -0.15) is 0 Å². The van der Waals surface area contributed by atoms with Gasteiger partial charge in [-0.1, -0.05) is 42.5 Å². The minimum Gasteiger partial charge on any atom is -0.363 e. The zero-order chi connectivity index (χ0) is 19.7. The number of sulfone groups is 1. The molecule has 0 aliphatic heterocycles. The summed E-state index contributed by atoms with van der Waals surface area (Å²) in [4.78, 5) is 10.1. The molecule has 7 heteroatoms. The second-order valence-corrected chi connectivity index (χ2v) is 9.50. The molecule has 2 aromatic heterocycles. The molecule has 1 atom stereocenters. The van der Waals surface area contributed by atoms with Crippen molar-refractivity contribution in [2.24, 2.45) is 0 Å². The van der Waals surface area contributed by atoms with E-state index >= 15 is 0 Å². The Bertz CT molecular complexity index is 1220. The number of fused-ring (bicyclic) bond motifs is 1. The summed E-state index contributed by atoms with van der Waals surface area (Å²) in [6.07, 6.45) is 2.78. The van der Waals surface area contributed by atoms with Crippen LogP contribution in [-0.2, 0) is 9.84 Å². The lowest BCUT2D eigenvalue weighted by molar-refractivity contribution is 0.602. The van der Waals surface area contributed by atoms with Crippen LogP contribution in [0.4, 0.5) is 5.82 Å². The minimum absolute atomic E-state index is 0.0461. The van der Waals surface area contributed by atoms with Crippen molar-refractivity contribution in [3.8, 4) is 11.1 Å². The Labute approximate surface area is 168 Å². The molecule has 0 saturated carbocycles. The highest BCUT2D eigenvalue weighted by atomic mass is 32.2. The van der Waals surface area contributed by atoms with Gasteiger partial charge in [0.2, 0.25) is 0 Å². The maximum absolute atomic E-state index is 11.7. The van der Waals surface area contributed by atoms with Crippen LogP contribution in [0.25, 0.3) is 21.3 Å². The molecular weight excluding hydrogens is 390 g/mol. The van der Waals surface area contributed by atoms with E-state index in [1.54, 1.807) is 29.8 Å². The fraction of sp³-hybridized carbons (Fsp3) is 0.143. The van der Waals surface area contributed by atoms with E-state index in [1.165, 1.54) is 6.26 Å². The number of nitrogens with one attached hydrogen (secondary N) is 1. The first-order valence-corrected chi connectivity index (χ1v) is 11.5. The summed E-state index contributed by atoms with van der Waals surface area (Å²) in [5, 5.41) is 6.56. The predicted molar refractivity (Wildman–Crippen MR) is 114 cm³/mol. The monoisotopic (exact) mass is 409 g/mol. The lowest BCUT2D eigenvalue weighted by atomic mass is 10.1. The minimum atomic E-state index is -3.20. The van der Waals surface area contributed by atoms with E-state index in [9.17, 15) is 8.42 Å². The van der Waals surface area contributed by atoms with E-state index in [2.05, 4.69) is 32.8 Å². The van der Waals surface area contributed by atoms with Gasteiger partial charge in [-0.15, -0.1) is 11.3 Å². The van der Waals surface area contributed by atoms with Gasteiger partial charge in [-0.3, -0.25) is 0 Å². The second-order valence-electron chi connectivity index (χ2n) is 6.63. The molecule has 28 heavy (non-hydrogen) atoms. The molecule has 1 N–H and O–H groups in total. The quantitative estimate of drug-likeness (QED) is 0.506. The van der Waals surface area contributed by atoms with E-state index < -0.39 is 9.84 Å². The second kappa shape index (κ2) is 7.33. The zero-order valence-electron chi connectivity index (χ0n) is 15.5. The summed E-state index contributed by atoms with van der Waals surface area (Å²) < 4.78 is 23.3. The van der Waals surface area contributed by atoms with Gasteiger partial charge in [0.05, 0.1) is 10.3 Å². The lowest BCUT2D eigenvalue weighted by Crippen LogP contribution is -2.09. The van der Waals surface area contributed by atoms with Crippen LogP contribution < -0.4 is 5.32 Å². The SMILES string of the molecule is CC(Nc1ncnc2scc(-c3ccccc3)c12)c1ccc(S(C)(=O)=O)cc1. The van der Waals surface area contributed by atoms with Crippen molar-refractivity contribution in [3.05, 3.63) is 71.9 Å². The van der Waals surface area contributed by atoms with Crippen molar-refractivity contribution < 1.29 is 8.42 Å². The summed E-state index contributed by atoms with van der Waals surface area (Å²) in [5.74, 6) is 0.768. The molecule has 2 aromatic carbocycles. The first-order chi connectivity index (χ1) is 13.4. The number of thiophene rings is 1. The highest BCUT2D eigenvalue weighted by Crippen LogP contribution is 2.37. The van der Waals surface area contributed by atoms with Crippen LogP contribution in [0.3, 0.4) is 0 Å². The van der Waals surface area contributed by atoms with E-state index in [1.807, 2.05) is 37.3 Å². The molecule has 0 amide bonds. The molecule has 0 aliphatic carbocycles. The number of hydrogen-bond acceptors (Lipinski definition) is 6. The summed E-state index contributed by atoms with van der Waals surface area (Å²) in [6, 6.07) is 17.1. The van der Waals surface area contributed by atoms with E-state index in [0.29, 0.717) is 4.90 Å². The number of nitrogens with zero attached hydrogens (tertiary/aromatic N) is 2. The molecular formula is C21H19N3O2S2. The molecule has 0 aliphatic rings. The molecule has 5 nitrogen and oxygen atoms in total. The van der Waals surface area contributed by atoms with Gasteiger partial charge in [0.1, 0.15) is 17.0 Å². The molecule has 4 aromatic rings. The smallest absolute Gasteiger partial charge is 0.175 e. The van der Waals surface area contributed by atoms with Crippen LogP contribution in [-0.4, -0.2) is 24.6 Å². The van der Waals surface area contributed by atoms with E-state index in [-0.39, 0.29) is 6.04 Å². The lowest BCUT2D eigenvalue weighted by Gasteiger charge is -2.16. The summed E-state index contributed by atoms with van der Waals surface area (Å²) in [6.45, 7) is 2.03. The molecule has 0 spiro atoms. The van der Waals surface area contributed by atoms with Crippen molar-refractivity contribution in [1.29, 1.82) is 0 Å². The standard InChI is InChI=1S/C21H19N3O2S2/c1-14(15-8-10-17(11-9-15)28(2,25)26)24-20-19-18(16-6-4-3-5-7-16)12-27-21(19)23-13-22-20/h3-14H,1-2H3,(H,22,23,24). The first-order valence-electron chi connectivity index (χ1n) is 8.77. The van der Waals surface area contributed by atoms with Crippen LogP contribution in [0.15, 0.2) is 71.2 Å². The Morgan fingerprint density at radius 1 is 1.00 bits per heavy atom. The highest BCUT2D eigenvalue weighted by molar-refractivity contribution is 7.90. The third-order valence-electron chi connectivity index (χ3n) is 4.62. The molecule has 0 bridgehead atoms. The number of hydrogen-bond donors (Lipinski definition) is 1. The van der Waals surface area contributed by atoms with Crippen LogP contribution in [0.2, 0.25) is 0 Å². The highest BCUT2D eigenvalue weighted by Gasteiger charge is 2.16. The van der Waals surface area contributed by atoms with Crippen LogP contribution in [0, 0.1) is 0 Å². The fourth-order valence-electron chi connectivity index (χ4n) is 3.11. The van der Waals surface area contributed by atoms with Gasteiger partial charge in [-0.05, 0) is 30.2 Å². The zero-order valence-corrected chi connectivity index (χ0v) is 17.1. The topological polar surface area (TPSA) is 72.0 Å². The largest absolute Gasteiger partial charge is 0.363 e. The maximum atomic E-state index is 11.7. The Morgan fingerprint density at radius 2 is 1.71 bits per heavy atom. The van der Waals surface area contributed by atoms with Gasteiger partial charge >= 0.3 is 0 Å². The molecule has 1 unspecified atom stereocenters. The average molecular weight is 410 g/mol. The first kappa shape index (κ1) is 18.6. The Kier molecular flexibility index (Phi) is 4.87. The van der Waals surface area contributed by atoms with Crippen molar-refractivity contribution in [1.82, 2.24) is 9.97 Å². The summed E-state index contributed by atoms with van der Waals surface area (Å²) in [7, 11) is -3.20. The van der Waals surface area contributed by atoms with Crippen LogP contribution in [0.5, 0.6) is 0 Å². The van der Waals surface area contributed by atoms with Gasteiger partial charge in [0.15, 0.2) is 9.84 Å². The fourth-order valence-corrected chi connectivity index (χ4v) is 4.65. The van der Waals surface area contributed by atoms with Crippen LogP contribution >= 0.6 is 11.3 Å². The van der Waals surface area contributed by atoms with Crippen molar-refractivity contribution in [3.63, 3.8) is 0 Å². The number of anilines is 1. The Hall–Kier alpha value is -2.77. The normalized spacial score (nSPS) is 12.8. The average Bonchev–Trinajstić information content (AvgIpc) is 3.13. The molecule has 0 saturated heterocycles. The summed E-state index contributed by atoms with van der Waals surface area (Å²) in [5.41, 5.74) is 3.20. The Balaban J connectivity index is 1.69. The third kappa shape index (κ3) is 3.63. The van der Waals surface area contributed by atoms with Gasteiger partial charge < -0.3 is 5.32 Å². The maximum Gasteiger partial charge on any atom is 0.175 e. The van der Waals surface area contributed by atoms with Gasteiger partial charge in [0.25, 0.3) is 0 Å². The Morgan fingerprint density at radius 3 is 2.39 bits per heavy atom. The number of rotatable bonds is 5. The van der Waals surface area contributed by atoms with E-state index in [0.717, 1.165) is 32.7 Å². The molecule has 0 radical (unpaired) electrons. The van der Waals surface area contributed by atoms with Crippen molar-refractivity contribution >= 4 is 37.2 Å². The van der Waals surface area contributed by atoms with Crippen molar-refractivity contribution in [2.75, 3.05) is 11.6 Å². The van der Waals surface area contributed by atoms with Crippen molar-refractivity contribution in [2.45, 2.75) is 17.9 Å². The molecule has 142 valence electrons. The van der Waals surface area contributed by atoms with Gasteiger partial charge in [0, 0.05) is 23.2 Å². The number of aromatic nitrogens is 2. The molecule has 0 fully saturated rings. The van der Waals surface area contributed by atoms with Crippen LogP contribution in [0.1, 0.15) is 18.5 Å². The molecule has 2 heterocycles. The molecule has 4 rings (SSSR count). The third-order valence-corrected chi connectivity index (χ3v) is 6.63. The van der Waals surface area contributed by atoms with E-state index in [4.69, 9.17) is 0 Å².